The largest absolute Gasteiger partial charge is 0.379 e. The van der Waals surface area contributed by atoms with E-state index in [1.807, 2.05) is 30.3 Å². The average Bonchev–Trinajstić information content (AvgIpc) is 3.07. The summed E-state index contributed by atoms with van der Waals surface area (Å²) in [6.07, 6.45) is 1.83. The van der Waals surface area contributed by atoms with Gasteiger partial charge in [-0.1, -0.05) is 30.3 Å². The minimum absolute atomic E-state index is 0.605. The molecule has 3 aliphatic rings. The van der Waals surface area contributed by atoms with E-state index in [1.54, 1.807) is 0 Å². The Morgan fingerprint density at radius 3 is 1.77 bits per heavy atom. The highest BCUT2D eigenvalue weighted by atomic mass is 16.5. The minimum Gasteiger partial charge on any atom is -0.379 e. The molecule has 0 aliphatic carbocycles. The van der Waals surface area contributed by atoms with Crippen LogP contribution in [-0.2, 0) is 20.6 Å². The molecule has 6 rings (SSSR count). The SMILES string of the molecule is c1ccc(-c2nc(NCCN3CCOCC3)c3nc(CCCN4CCOCC4)c(NCCN4CCOCC4)nc3n2)cc1. The molecular weight excluding hydrogens is 546 g/mol. The number of rotatable bonds is 13. The Hall–Kier alpha value is -3.00. The molecule has 0 saturated carbocycles. The Bertz CT molecular complexity index is 1280. The number of morpholine rings is 3. The van der Waals surface area contributed by atoms with E-state index in [1.165, 1.54) is 0 Å². The maximum absolute atomic E-state index is 5.54. The Morgan fingerprint density at radius 2 is 1.16 bits per heavy atom. The van der Waals surface area contributed by atoms with Crippen LogP contribution in [0.4, 0.5) is 11.6 Å². The van der Waals surface area contributed by atoms with Crippen molar-refractivity contribution in [1.82, 2.24) is 34.6 Å². The summed E-state index contributed by atoms with van der Waals surface area (Å²) in [4.78, 5) is 27.5. The van der Waals surface area contributed by atoms with Gasteiger partial charge in [0.15, 0.2) is 22.8 Å². The number of hydrogen-bond acceptors (Lipinski definition) is 12. The van der Waals surface area contributed by atoms with Crippen molar-refractivity contribution in [1.29, 1.82) is 0 Å². The van der Waals surface area contributed by atoms with Gasteiger partial charge in [-0.3, -0.25) is 14.7 Å². The molecule has 3 saturated heterocycles. The van der Waals surface area contributed by atoms with Crippen LogP contribution in [0.2, 0.25) is 0 Å². The first kappa shape index (κ1) is 30.0. The van der Waals surface area contributed by atoms with Crippen LogP contribution < -0.4 is 10.6 Å². The molecule has 0 amide bonds. The lowest BCUT2D eigenvalue weighted by molar-refractivity contribution is 0.0374. The molecule has 0 atom stereocenters. The lowest BCUT2D eigenvalue weighted by atomic mass is 10.2. The number of ether oxygens (including phenoxy) is 3. The molecule has 3 aliphatic heterocycles. The molecule has 3 fully saturated rings. The number of nitrogens with one attached hydrogen (secondary N) is 2. The van der Waals surface area contributed by atoms with E-state index in [0.29, 0.717) is 11.5 Å². The van der Waals surface area contributed by atoms with Crippen molar-refractivity contribution in [3.8, 4) is 11.4 Å². The molecule has 43 heavy (non-hydrogen) atoms. The number of aromatic nitrogens is 4. The van der Waals surface area contributed by atoms with Crippen LogP contribution in [0.3, 0.4) is 0 Å². The van der Waals surface area contributed by atoms with Crippen molar-refractivity contribution in [3.05, 3.63) is 36.0 Å². The van der Waals surface area contributed by atoms with Gasteiger partial charge in [0.1, 0.15) is 5.82 Å². The van der Waals surface area contributed by atoms with Crippen LogP contribution in [0.25, 0.3) is 22.6 Å². The first-order valence-electron chi connectivity index (χ1n) is 15.8. The van der Waals surface area contributed by atoms with Gasteiger partial charge >= 0.3 is 0 Å². The molecule has 3 aromatic rings. The molecule has 0 bridgehead atoms. The van der Waals surface area contributed by atoms with Crippen molar-refractivity contribution < 1.29 is 14.2 Å². The number of fused-ring (bicyclic) bond motifs is 1. The van der Waals surface area contributed by atoms with Gasteiger partial charge in [-0.25, -0.2) is 19.9 Å². The van der Waals surface area contributed by atoms with Crippen molar-refractivity contribution in [3.63, 3.8) is 0 Å². The van der Waals surface area contributed by atoms with Crippen LogP contribution >= 0.6 is 0 Å². The zero-order valence-corrected chi connectivity index (χ0v) is 25.2. The Morgan fingerprint density at radius 1 is 0.605 bits per heavy atom. The molecule has 0 radical (unpaired) electrons. The predicted octanol–water partition coefficient (Wildman–Crippen LogP) is 1.84. The zero-order valence-electron chi connectivity index (χ0n) is 25.2. The van der Waals surface area contributed by atoms with Crippen LogP contribution in [0.1, 0.15) is 12.1 Å². The fourth-order valence-electron chi connectivity index (χ4n) is 5.75. The van der Waals surface area contributed by atoms with Crippen LogP contribution in [0.5, 0.6) is 0 Å². The van der Waals surface area contributed by atoms with E-state index in [2.05, 4.69) is 25.3 Å². The maximum Gasteiger partial charge on any atom is 0.186 e. The highest BCUT2D eigenvalue weighted by Gasteiger charge is 2.19. The monoisotopic (exact) mass is 591 g/mol. The van der Waals surface area contributed by atoms with Gasteiger partial charge in [0, 0.05) is 71.0 Å². The highest BCUT2D eigenvalue weighted by molar-refractivity contribution is 5.85. The van der Waals surface area contributed by atoms with Crippen LogP contribution in [-0.4, -0.2) is 146 Å². The second-order valence-electron chi connectivity index (χ2n) is 11.3. The number of anilines is 2. The number of benzene rings is 1. The lowest BCUT2D eigenvalue weighted by Crippen LogP contribution is -2.39. The van der Waals surface area contributed by atoms with Gasteiger partial charge in [-0.2, -0.15) is 0 Å². The second-order valence-corrected chi connectivity index (χ2v) is 11.3. The van der Waals surface area contributed by atoms with Gasteiger partial charge in [0.2, 0.25) is 0 Å². The minimum atomic E-state index is 0.605. The zero-order chi connectivity index (χ0) is 29.1. The standard InChI is InChI=1S/C31H45N9O3/c1-2-5-25(6-3-1)28-35-30(33-9-12-40-17-23-43-24-18-40)27-31(36-28)37-29(32-8-11-39-15-21-42-22-16-39)26(34-27)7-4-10-38-13-19-41-20-14-38/h1-3,5-6H,4,7-24H2,(H2,32,33,35,36,37). The molecule has 5 heterocycles. The molecule has 1 aromatic carbocycles. The van der Waals surface area contributed by atoms with Crippen molar-refractivity contribution in [2.24, 2.45) is 0 Å². The smallest absolute Gasteiger partial charge is 0.186 e. The summed E-state index contributed by atoms with van der Waals surface area (Å²) in [7, 11) is 0. The van der Waals surface area contributed by atoms with Crippen molar-refractivity contribution >= 4 is 22.8 Å². The first-order valence-corrected chi connectivity index (χ1v) is 15.8. The third kappa shape index (κ3) is 8.55. The summed E-state index contributed by atoms with van der Waals surface area (Å²) in [6.45, 7) is 15.0. The topological polar surface area (TPSA) is 113 Å². The number of nitrogens with zero attached hydrogens (tertiary/aromatic N) is 7. The number of aryl methyl sites for hydroxylation is 1. The lowest BCUT2D eigenvalue weighted by Gasteiger charge is -2.27. The van der Waals surface area contributed by atoms with E-state index >= 15 is 0 Å². The molecule has 2 aromatic heterocycles. The van der Waals surface area contributed by atoms with Crippen LogP contribution in [0, 0.1) is 0 Å². The highest BCUT2D eigenvalue weighted by Crippen LogP contribution is 2.26. The Balaban J connectivity index is 1.25. The third-order valence-corrected chi connectivity index (χ3v) is 8.28. The third-order valence-electron chi connectivity index (χ3n) is 8.28. The quantitative estimate of drug-likeness (QED) is 0.302. The fraction of sp³-hybridized carbons (Fsp3) is 0.613. The van der Waals surface area contributed by atoms with Gasteiger partial charge in [0.05, 0.1) is 45.3 Å². The van der Waals surface area contributed by atoms with E-state index < -0.39 is 0 Å². The molecule has 0 spiro atoms. The summed E-state index contributed by atoms with van der Waals surface area (Å²) in [5.74, 6) is 2.20. The molecule has 0 unspecified atom stereocenters. The molecule has 12 nitrogen and oxygen atoms in total. The fourth-order valence-corrected chi connectivity index (χ4v) is 5.75. The summed E-state index contributed by atoms with van der Waals surface area (Å²) in [5.41, 5.74) is 3.25. The van der Waals surface area contributed by atoms with Crippen molar-refractivity contribution in [2.45, 2.75) is 12.8 Å². The molecule has 2 N–H and O–H groups in total. The van der Waals surface area contributed by atoms with Crippen LogP contribution in [0.15, 0.2) is 30.3 Å². The summed E-state index contributed by atoms with van der Waals surface area (Å²) in [5, 5.41) is 7.21. The summed E-state index contributed by atoms with van der Waals surface area (Å²) >= 11 is 0. The molecule has 232 valence electrons. The maximum atomic E-state index is 5.54. The summed E-state index contributed by atoms with van der Waals surface area (Å²) < 4.78 is 16.6. The predicted molar refractivity (Wildman–Crippen MR) is 168 cm³/mol. The van der Waals surface area contributed by atoms with Gasteiger partial charge in [0.25, 0.3) is 0 Å². The van der Waals surface area contributed by atoms with E-state index in [-0.39, 0.29) is 0 Å². The van der Waals surface area contributed by atoms with Gasteiger partial charge < -0.3 is 24.8 Å². The molecular formula is C31H45N9O3. The normalized spacial score (nSPS) is 19.1. The second kappa shape index (κ2) is 15.6. The Kier molecular flexibility index (Phi) is 10.9. The van der Waals surface area contributed by atoms with Gasteiger partial charge in [-0.05, 0) is 19.4 Å². The van der Waals surface area contributed by atoms with E-state index in [9.17, 15) is 0 Å². The van der Waals surface area contributed by atoms with E-state index in [0.717, 1.165) is 153 Å². The van der Waals surface area contributed by atoms with Gasteiger partial charge in [-0.15, -0.1) is 0 Å². The van der Waals surface area contributed by atoms with Crippen molar-refractivity contribution in [2.75, 3.05) is 122 Å². The summed E-state index contributed by atoms with van der Waals surface area (Å²) in [6, 6.07) is 10.1. The average molecular weight is 592 g/mol. The van der Waals surface area contributed by atoms with E-state index in [4.69, 9.17) is 34.1 Å². The number of hydrogen-bond donors (Lipinski definition) is 2. The first-order chi connectivity index (χ1) is 21.3. The Labute approximate surface area is 254 Å². The molecule has 12 heteroatoms.